The van der Waals surface area contributed by atoms with E-state index in [1.807, 2.05) is 13.0 Å². The minimum atomic E-state index is -0.590. The monoisotopic (exact) mass is 205 g/mol. The largest absolute Gasteiger partial charge is 0.453 e. The average Bonchev–Trinajstić information content (AvgIpc) is 2.29. The molecule has 5 heteroatoms. The van der Waals surface area contributed by atoms with Gasteiger partial charge >= 0.3 is 6.09 Å². The lowest BCUT2D eigenvalue weighted by Crippen LogP contribution is -2.14. The van der Waals surface area contributed by atoms with Crippen LogP contribution in [0.3, 0.4) is 0 Å². The van der Waals surface area contributed by atoms with Crippen molar-refractivity contribution in [2.45, 2.75) is 13.3 Å². The standard InChI is InChI=1S/C10H11N3O2/c1-3-7-5-12-6-8(4-11)9(7)13-10(14)15-2/h5-6H,3H2,1-2H3,(H,12,13,14). The summed E-state index contributed by atoms with van der Waals surface area (Å²) in [5.74, 6) is 0. The van der Waals surface area contributed by atoms with E-state index in [-0.39, 0.29) is 0 Å². The summed E-state index contributed by atoms with van der Waals surface area (Å²) in [6.07, 6.45) is 3.12. The van der Waals surface area contributed by atoms with Gasteiger partial charge in [0.2, 0.25) is 0 Å². The van der Waals surface area contributed by atoms with Crippen molar-refractivity contribution in [2.75, 3.05) is 12.4 Å². The molecule has 1 aromatic rings. The second-order valence-corrected chi connectivity index (χ2v) is 2.80. The van der Waals surface area contributed by atoms with Crippen LogP contribution in [0.25, 0.3) is 0 Å². The summed E-state index contributed by atoms with van der Waals surface area (Å²) in [5, 5.41) is 11.3. The lowest BCUT2D eigenvalue weighted by atomic mass is 10.1. The van der Waals surface area contributed by atoms with Gasteiger partial charge in [-0.25, -0.2) is 4.79 Å². The molecule has 5 nitrogen and oxygen atoms in total. The first-order valence-electron chi connectivity index (χ1n) is 4.44. The van der Waals surface area contributed by atoms with Crippen LogP contribution in [0.1, 0.15) is 18.1 Å². The number of hydrogen-bond donors (Lipinski definition) is 1. The molecule has 0 fully saturated rings. The van der Waals surface area contributed by atoms with Crippen LogP contribution in [0.4, 0.5) is 10.5 Å². The smallest absolute Gasteiger partial charge is 0.411 e. The number of hydrogen-bond acceptors (Lipinski definition) is 4. The molecule has 1 heterocycles. The number of ether oxygens (including phenoxy) is 1. The third-order valence-electron chi connectivity index (χ3n) is 1.94. The fourth-order valence-corrected chi connectivity index (χ4v) is 1.16. The number of carbonyl (C=O) groups is 1. The van der Waals surface area contributed by atoms with Crippen molar-refractivity contribution in [2.24, 2.45) is 0 Å². The zero-order chi connectivity index (χ0) is 11.3. The normalized spacial score (nSPS) is 9.13. The Kier molecular flexibility index (Phi) is 3.63. The van der Waals surface area contributed by atoms with E-state index in [0.717, 1.165) is 5.56 Å². The molecule has 1 N–H and O–H groups in total. The summed E-state index contributed by atoms with van der Waals surface area (Å²) in [6.45, 7) is 1.92. The van der Waals surface area contributed by atoms with Gasteiger partial charge in [-0.05, 0) is 12.0 Å². The number of nitriles is 1. The Morgan fingerprint density at radius 3 is 2.93 bits per heavy atom. The topological polar surface area (TPSA) is 75.0 Å². The number of pyridine rings is 1. The number of rotatable bonds is 2. The highest BCUT2D eigenvalue weighted by Crippen LogP contribution is 2.19. The van der Waals surface area contributed by atoms with E-state index in [4.69, 9.17) is 5.26 Å². The number of nitrogens with one attached hydrogen (secondary N) is 1. The van der Waals surface area contributed by atoms with Crippen LogP contribution in [-0.2, 0) is 11.2 Å². The van der Waals surface area contributed by atoms with E-state index in [1.165, 1.54) is 13.3 Å². The first-order valence-corrected chi connectivity index (χ1v) is 4.44. The molecule has 0 saturated heterocycles. The fourth-order valence-electron chi connectivity index (χ4n) is 1.16. The number of aromatic nitrogens is 1. The Labute approximate surface area is 87.7 Å². The van der Waals surface area contributed by atoms with Crippen molar-refractivity contribution in [3.05, 3.63) is 23.5 Å². The van der Waals surface area contributed by atoms with Gasteiger partial charge in [0, 0.05) is 12.4 Å². The van der Waals surface area contributed by atoms with Crippen LogP contribution >= 0.6 is 0 Å². The van der Waals surface area contributed by atoms with Crippen molar-refractivity contribution in [3.63, 3.8) is 0 Å². The van der Waals surface area contributed by atoms with Crippen LogP contribution in [0, 0.1) is 11.3 Å². The number of anilines is 1. The average molecular weight is 205 g/mol. The fraction of sp³-hybridized carbons (Fsp3) is 0.300. The van der Waals surface area contributed by atoms with E-state index in [2.05, 4.69) is 15.0 Å². The molecule has 0 bridgehead atoms. The van der Waals surface area contributed by atoms with E-state index < -0.39 is 6.09 Å². The molecule has 0 spiro atoms. The molecule has 0 saturated carbocycles. The van der Waals surface area contributed by atoms with Crippen LogP contribution < -0.4 is 5.32 Å². The van der Waals surface area contributed by atoms with Gasteiger partial charge in [-0.1, -0.05) is 6.92 Å². The van der Waals surface area contributed by atoms with Crippen LogP contribution in [-0.4, -0.2) is 18.2 Å². The lowest BCUT2D eigenvalue weighted by Gasteiger charge is -2.09. The zero-order valence-corrected chi connectivity index (χ0v) is 8.57. The Morgan fingerprint density at radius 2 is 2.40 bits per heavy atom. The number of nitrogens with zero attached hydrogens (tertiary/aromatic N) is 2. The summed E-state index contributed by atoms with van der Waals surface area (Å²) in [7, 11) is 1.27. The summed E-state index contributed by atoms with van der Waals surface area (Å²) < 4.78 is 4.47. The molecule has 15 heavy (non-hydrogen) atoms. The molecule has 0 radical (unpaired) electrons. The Hall–Kier alpha value is -2.09. The molecule has 0 aromatic carbocycles. The van der Waals surface area contributed by atoms with Gasteiger partial charge in [0.15, 0.2) is 0 Å². The highest BCUT2D eigenvalue weighted by Gasteiger charge is 2.10. The summed E-state index contributed by atoms with van der Waals surface area (Å²) in [6, 6.07) is 1.97. The van der Waals surface area contributed by atoms with Gasteiger partial charge in [0.25, 0.3) is 0 Å². The Balaban J connectivity index is 3.12. The molecule has 1 aromatic heterocycles. The van der Waals surface area contributed by atoms with Crippen molar-refractivity contribution < 1.29 is 9.53 Å². The van der Waals surface area contributed by atoms with Gasteiger partial charge < -0.3 is 4.74 Å². The molecule has 0 aliphatic heterocycles. The summed E-state index contributed by atoms with van der Waals surface area (Å²) in [4.78, 5) is 15.0. The maximum atomic E-state index is 11.1. The molecule has 1 amide bonds. The molecule has 0 aliphatic rings. The van der Waals surface area contributed by atoms with Gasteiger partial charge in [0.05, 0.1) is 18.4 Å². The Bertz CT molecular complexity index is 410. The van der Waals surface area contributed by atoms with Gasteiger partial charge in [0.1, 0.15) is 6.07 Å². The third kappa shape index (κ3) is 2.44. The van der Waals surface area contributed by atoms with Gasteiger partial charge in [-0.2, -0.15) is 5.26 Å². The number of amides is 1. The maximum absolute atomic E-state index is 11.1. The first-order chi connectivity index (χ1) is 7.22. The van der Waals surface area contributed by atoms with Crippen molar-refractivity contribution >= 4 is 11.8 Å². The molecule has 0 unspecified atom stereocenters. The minimum absolute atomic E-state index is 0.333. The summed E-state index contributed by atoms with van der Waals surface area (Å²) >= 11 is 0. The number of aryl methyl sites for hydroxylation is 1. The highest BCUT2D eigenvalue weighted by molar-refractivity contribution is 5.87. The highest BCUT2D eigenvalue weighted by atomic mass is 16.5. The zero-order valence-electron chi connectivity index (χ0n) is 8.57. The molecular formula is C10H11N3O2. The molecule has 78 valence electrons. The molecule has 0 aliphatic carbocycles. The number of carbonyl (C=O) groups excluding carboxylic acids is 1. The third-order valence-corrected chi connectivity index (χ3v) is 1.94. The molecule has 1 rings (SSSR count). The lowest BCUT2D eigenvalue weighted by molar-refractivity contribution is 0.187. The van der Waals surface area contributed by atoms with Crippen molar-refractivity contribution in [1.82, 2.24) is 4.98 Å². The Morgan fingerprint density at radius 1 is 1.67 bits per heavy atom. The number of methoxy groups -OCH3 is 1. The SMILES string of the molecule is CCc1cncc(C#N)c1NC(=O)OC. The molecular weight excluding hydrogens is 194 g/mol. The predicted octanol–water partition coefficient (Wildman–Crippen LogP) is 1.69. The van der Waals surface area contributed by atoms with Gasteiger partial charge in [-0.3, -0.25) is 10.3 Å². The summed E-state index contributed by atoms with van der Waals surface area (Å²) in [5.41, 5.74) is 1.61. The first kappa shape index (κ1) is 11.0. The van der Waals surface area contributed by atoms with E-state index in [9.17, 15) is 4.79 Å². The quantitative estimate of drug-likeness (QED) is 0.797. The van der Waals surface area contributed by atoms with E-state index in [0.29, 0.717) is 17.7 Å². The molecule has 0 atom stereocenters. The maximum Gasteiger partial charge on any atom is 0.411 e. The van der Waals surface area contributed by atoms with Crippen molar-refractivity contribution in [3.8, 4) is 6.07 Å². The second kappa shape index (κ2) is 4.96. The second-order valence-electron chi connectivity index (χ2n) is 2.80. The van der Waals surface area contributed by atoms with E-state index >= 15 is 0 Å². The van der Waals surface area contributed by atoms with E-state index in [1.54, 1.807) is 6.20 Å². The van der Waals surface area contributed by atoms with Crippen LogP contribution in [0.15, 0.2) is 12.4 Å². The van der Waals surface area contributed by atoms with Gasteiger partial charge in [-0.15, -0.1) is 0 Å². The van der Waals surface area contributed by atoms with Crippen molar-refractivity contribution in [1.29, 1.82) is 5.26 Å². The van der Waals surface area contributed by atoms with Crippen LogP contribution in [0.2, 0.25) is 0 Å². The van der Waals surface area contributed by atoms with Crippen LogP contribution in [0.5, 0.6) is 0 Å². The predicted molar refractivity (Wildman–Crippen MR) is 54.4 cm³/mol. The minimum Gasteiger partial charge on any atom is -0.453 e.